The number of anilines is 3. The zero-order valence-electron chi connectivity index (χ0n) is 16.6. The molecular weight excluding hydrogens is 426 g/mol. The molecule has 1 aliphatic heterocycles. The highest BCUT2D eigenvalue weighted by atomic mass is 32.2. The fourth-order valence-corrected chi connectivity index (χ4v) is 4.89. The minimum atomic E-state index is -3.92. The second kappa shape index (κ2) is 7.21. The molecule has 1 aliphatic rings. The van der Waals surface area contributed by atoms with Crippen LogP contribution >= 0.6 is 0 Å². The summed E-state index contributed by atoms with van der Waals surface area (Å²) < 4.78 is 28.6. The van der Waals surface area contributed by atoms with Crippen LogP contribution in [0.4, 0.5) is 17.1 Å². The van der Waals surface area contributed by atoms with E-state index in [0.29, 0.717) is 33.6 Å². The summed E-state index contributed by atoms with van der Waals surface area (Å²) in [6, 6.07) is 22.7. The molecule has 0 spiro atoms. The number of sulfonamides is 1. The van der Waals surface area contributed by atoms with Crippen LogP contribution in [-0.4, -0.2) is 20.2 Å². The first kappa shape index (κ1) is 19.8. The van der Waals surface area contributed by atoms with Gasteiger partial charge in [0.1, 0.15) is 0 Å². The van der Waals surface area contributed by atoms with Crippen LogP contribution in [0.25, 0.3) is 10.8 Å². The van der Waals surface area contributed by atoms with E-state index < -0.39 is 21.8 Å². The maximum atomic E-state index is 13.0. The van der Waals surface area contributed by atoms with Gasteiger partial charge in [-0.25, -0.2) is 13.3 Å². The van der Waals surface area contributed by atoms with Gasteiger partial charge in [0, 0.05) is 16.5 Å². The van der Waals surface area contributed by atoms with Gasteiger partial charge in [-0.05, 0) is 48.5 Å². The standard InChI is InChI=1S/C24H17N3O4S/c25-21-13-14-22(18-6-2-1-5-17(18)21)26-32(30,31)16-11-9-15(10-12-16)27-23(28)19-7-3-4-8-20(19)24(27)29/h1-14,26H,25H2. The summed E-state index contributed by atoms with van der Waals surface area (Å²) in [4.78, 5) is 26.3. The minimum absolute atomic E-state index is 0.00114. The molecule has 0 fully saturated rings. The molecule has 158 valence electrons. The monoisotopic (exact) mass is 443 g/mol. The van der Waals surface area contributed by atoms with Crippen molar-refractivity contribution in [3.63, 3.8) is 0 Å². The van der Waals surface area contributed by atoms with Crippen molar-refractivity contribution in [2.45, 2.75) is 4.90 Å². The first-order valence-electron chi connectivity index (χ1n) is 9.75. The SMILES string of the molecule is Nc1ccc(NS(=O)(=O)c2ccc(N3C(=O)c4ccccc4C3=O)cc2)c2ccccc12. The first-order valence-corrected chi connectivity index (χ1v) is 11.2. The topological polar surface area (TPSA) is 110 Å². The molecule has 0 aromatic heterocycles. The van der Waals surface area contributed by atoms with Gasteiger partial charge in [-0.3, -0.25) is 14.3 Å². The van der Waals surface area contributed by atoms with Crippen LogP contribution in [-0.2, 0) is 10.0 Å². The number of nitrogens with two attached hydrogens (primary N) is 1. The van der Waals surface area contributed by atoms with Crippen molar-refractivity contribution < 1.29 is 18.0 Å². The lowest BCUT2D eigenvalue weighted by Crippen LogP contribution is -2.29. The molecule has 0 saturated heterocycles. The molecular formula is C24H17N3O4S. The lowest BCUT2D eigenvalue weighted by Gasteiger charge is -2.15. The Hall–Kier alpha value is -4.17. The minimum Gasteiger partial charge on any atom is -0.398 e. The number of rotatable bonds is 4. The van der Waals surface area contributed by atoms with E-state index in [1.54, 1.807) is 48.5 Å². The smallest absolute Gasteiger partial charge is 0.266 e. The quantitative estimate of drug-likeness (QED) is 0.366. The number of fused-ring (bicyclic) bond motifs is 2. The molecule has 32 heavy (non-hydrogen) atoms. The van der Waals surface area contributed by atoms with Crippen molar-refractivity contribution in [2.75, 3.05) is 15.4 Å². The van der Waals surface area contributed by atoms with Crippen LogP contribution in [0.1, 0.15) is 20.7 Å². The molecule has 7 nitrogen and oxygen atoms in total. The molecule has 0 unspecified atom stereocenters. The van der Waals surface area contributed by atoms with Gasteiger partial charge in [-0.15, -0.1) is 0 Å². The number of hydrogen-bond acceptors (Lipinski definition) is 5. The number of amides is 2. The average molecular weight is 443 g/mol. The third-order valence-electron chi connectivity index (χ3n) is 5.40. The Morgan fingerprint density at radius 1 is 0.688 bits per heavy atom. The second-order valence-electron chi connectivity index (χ2n) is 7.34. The number of carbonyl (C=O) groups is 2. The number of nitrogen functional groups attached to an aromatic ring is 1. The van der Waals surface area contributed by atoms with Crippen molar-refractivity contribution in [1.82, 2.24) is 0 Å². The van der Waals surface area contributed by atoms with E-state index in [1.165, 1.54) is 24.3 Å². The summed E-state index contributed by atoms with van der Waals surface area (Å²) in [6.45, 7) is 0. The third-order valence-corrected chi connectivity index (χ3v) is 6.78. The van der Waals surface area contributed by atoms with Gasteiger partial charge in [0.25, 0.3) is 21.8 Å². The van der Waals surface area contributed by atoms with E-state index in [2.05, 4.69) is 4.72 Å². The van der Waals surface area contributed by atoms with E-state index in [4.69, 9.17) is 5.73 Å². The molecule has 0 aliphatic carbocycles. The molecule has 8 heteroatoms. The Labute approximate surface area is 184 Å². The Morgan fingerprint density at radius 2 is 1.25 bits per heavy atom. The van der Waals surface area contributed by atoms with Crippen LogP contribution in [0.5, 0.6) is 0 Å². The average Bonchev–Trinajstić information content (AvgIpc) is 3.06. The number of carbonyl (C=O) groups excluding carboxylic acids is 2. The van der Waals surface area contributed by atoms with Crippen molar-refractivity contribution in [3.8, 4) is 0 Å². The van der Waals surface area contributed by atoms with Crippen LogP contribution < -0.4 is 15.4 Å². The molecule has 0 saturated carbocycles. The Bertz CT molecular complexity index is 1480. The molecule has 1 heterocycles. The number of nitrogens with zero attached hydrogens (tertiary/aromatic N) is 1. The maximum absolute atomic E-state index is 13.0. The molecule has 3 N–H and O–H groups in total. The fourth-order valence-electron chi connectivity index (χ4n) is 3.81. The highest BCUT2D eigenvalue weighted by Gasteiger charge is 2.36. The predicted octanol–water partition coefficient (Wildman–Crippen LogP) is 4.02. The van der Waals surface area contributed by atoms with Gasteiger partial charge in [0.2, 0.25) is 0 Å². The highest BCUT2D eigenvalue weighted by Crippen LogP contribution is 2.31. The Morgan fingerprint density at radius 3 is 1.88 bits per heavy atom. The maximum Gasteiger partial charge on any atom is 0.266 e. The molecule has 0 atom stereocenters. The van der Waals surface area contributed by atoms with E-state index in [0.717, 1.165) is 10.3 Å². The third kappa shape index (κ3) is 3.09. The molecule has 0 bridgehead atoms. The second-order valence-corrected chi connectivity index (χ2v) is 9.02. The van der Waals surface area contributed by atoms with Gasteiger partial charge >= 0.3 is 0 Å². The van der Waals surface area contributed by atoms with Crippen molar-refractivity contribution >= 4 is 49.7 Å². The largest absolute Gasteiger partial charge is 0.398 e. The predicted molar refractivity (Wildman–Crippen MR) is 123 cm³/mol. The molecule has 2 amide bonds. The summed E-state index contributed by atoms with van der Waals surface area (Å²) in [6.07, 6.45) is 0. The first-order chi connectivity index (χ1) is 15.4. The van der Waals surface area contributed by atoms with E-state index in [1.807, 2.05) is 12.1 Å². The molecule has 0 radical (unpaired) electrons. The molecule has 5 rings (SSSR count). The van der Waals surface area contributed by atoms with Gasteiger partial charge in [-0.2, -0.15) is 0 Å². The van der Waals surface area contributed by atoms with Crippen LogP contribution in [0.2, 0.25) is 0 Å². The number of imide groups is 1. The highest BCUT2D eigenvalue weighted by molar-refractivity contribution is 7.92. The summed E-state index contributed by atoms with van der Waals surface area (Å²) in [5, 5.41) is 1.42. The normalized spacial score (nSPS) is 13.4. The Kier molecular flexibility index (Phi) is 4.45. The summed E-state index contributed by atoms with van der Waals surface area (Å²) >= 11 is 0. The molecule has 4 aromatic carbocycles. The van der Waals surface area contributed by atoms with Crippen molar-refractivity contribution in [1.29, 1.82) is 0 Å². The Balaban J connectivity index is 1.45. The summed E-state index contributed by atoms with van der Waals surface area (Å²) in [5.74, 6) is -0.875. The van der Waals surface area contributed by atoms with E-state index >= 15 is 0 Å². The number of benzene rings is 4. The van der Waals surface area contributed by atoms with Crippen LogP contribution in [0, 0.1) is 0 Å². The summed E-state index contributed by atoms with van der Waals surface area (Å²) in [7, 11) is -3.92. The number of hydrogen-bond donors (Lipinski definition) is 2. The van der Waals surface area contributed by atoms with Gasteiger partial charge in [0.05, 0.1) is 27.4 Å². The zero-order valence-corrected chi connectivity index (χ0v) is 17.5. The van der Waals surface area contributed by atoms with Crippen LogP contribution in [0.3, 0.4) is 0 Å². The zero-order chi connectivity index (χ0) is 22.5. The van der Waals surface area contributed by atoms with Gasteiger partial charge < -0.3 is 5.73 Å². The van der Waals surface area contributed by atoms with Crippen LogP contribution in [0.15, 0.2) is 89.8 Å². The number of nitrogens with one attached hydrogen (secondary N) is 1. The van der Waals surface area contributed by atoms with Gasteiger partial charge in [-0.1, -0.05) is 36.4 Å². The lowest BCUT2D eigenvalue weighted by atomic mass is 10.1. The van der Waals surface area contributed by atoms with E-state index in [-0.39, 0.29) is 4.90 Å². The van der Waals surface area contributed by atoms with Crippen molar-refractivity contribution in [2.24, 2.45) is 0 Å². The van der Waals surface area contributed by atoms with Gasteiger partial charge in [0.15, 0.2) is 0 Å². The summed E-state index contributed by atoms with van der Waals surface area (Å²) in [5.41, 5.74) is 7.89. The fraction of sp³-hybridized carbons (Fsp3) is 0. The van der Waals surface area contributed by atoms with E-state index in [9.17, 15) is 18.0 Å². The van der Waals surface area contributed by atoms with Crippen molar-refractivity contribution in [3.05, 3.63) is 96.1 Å². The molecule has 4 aromatic rings. The lowest BCUT2D eigenvalue weighted by molar-refractivity contribution is 0.0926.